The lowest BCUT2D eigenvalue weighted by atomic mass is 10.1. The van der Waals surface area contributed by atoms with Crippen LogP contribution in [0.2, 0.25) is 0 Å². The van der Waals surface area contributed by atoms with E-state index in [0.717, 1.165) is 16.9 Å². The van der Waals surface area contributed by atoms with Crippen LogP contribution in [-0.2, 0) is 14.3 Å². The van der Waals surface area contributed by atoms with Crippen LogP contribution in [-0.4, -0.2) is 43.5 Å². The summed E-state index contributed by atoms with van der Waals surface area (Å²) < 4.78 is 9.42. The molecule has 0 atom stereocenters. The van der Waals surface area contributed by atoms with E-state index in [1.54, 1.807) is 19.9 Å². The van der Waals surface area contributed by atoms with Crippen molar-refractivity contribution in [2.75, 3.05) is 31.4 Å². The minimum Gasteiger partial charge on any atom is -0.465 e. The lowest BCUT2D eigenvalue weighted by molar-refractivity contribution is -0.384. The number of thiophene rings is 1. The minimum absolute atomic E-state index is 0.0674. The van der Waals surface area contributed by atoms with Gasteiger partial charge < -0.3 is 20.1 Å². The number of nitrogens with one attached hydrogen (secondary N) is 2. The number of non-ortho nitro benzene ring substituents is 1. The molecule has 0 aliphatic carbocycles. The molecular weight excluding hydrogens is 402 g/mol. The number of anilines is 2. The summed E-state index contributed by atoms with van der Waals surface area (Å²) in [7, 11) is 2.40. The summed E-state index contributed by atoms with van der Waals surface area (Å²) in [6, 6.07) is 4.26. The number of ether oxygens (including phenoxy) is 2. The maximum absolute atomic E-state index is 12.4. The molecule has 154 valence electrons. The van der Waals surface area contributed by atoms with Crippen molar-refractivity contribution in [2.24, 2.45) is 0 Å². The van der Waals surface area contributed by atoms with Crippen molar-refractivity contribution in [3.05, 3.63) is 49.9 Å². The third kappa shape index (κ3) is 4.88. The van der Waals surface area contributed by atoms with Gasteiger partial charge in [-0.25, -0.2) is 9.59 Å². The van der Waals surface area contributed by atoms with E-state index in [4.69, 9.17) is 9.47 Å². The quantitative estimate of drug-likeness (QED) is 0.395. The second kappa shape index (κ2) is 9.15. The first kappa shape index (κ1) is 21.8. The molecule has 2 aromatic rings. The predicted octanol–water partition coefficient (Wildman–Crippen LogP) is 2.90. The lowest BCUT2D eigenvalue weighted by Crippen LogP contribution is -2.22. The number of aryl methyl sites for hydroxylation is 1. The number of carbonyl (C=O) groups excluding carboxylic acids is 3. The maximum atomic E-state index is 12.4. The van der Waals surface area contributed by atoms with E-state index in [0.29, 0.717) is 11.3 Å². The fourth-order valence-electron chi connectivity index (χ4n) is 2.50. The standard InChI is InChI=1S/C18H19N3O7S/c1-9-5-6-11(21(25)26)7-12(9)19-8-13(22)20-16-14(17(23)27-3)10(2)15(29-16)18(24)28-4/h5-7,19H,8H2,1-4H3,(H,20,22). The van der Waals surface area contributed by atoms with E-state index < -0.39 is 22.8 Å². The molecule has 10 nitrogen and oxygen atoms in total. The number of nitro benzene ring substituents is 1. The molecule has 2 N–H and O–H groups in total. The van der Waals surface area contributed by atoms with Gasteiger partial charge in [-0.15, -0.1) is 11.3 Å². The molecule has 0 fully saturated rings. The third-order valence-corrected chi connectivity index (χ3v) is 5.22. The average molecular weight is 421 g/mol. The number of rotatable bonds is 7. The smallest absolute Gasteiger partial charge is 0.348 e. The zero-order valence-electron chi connectivity index (χ0n) is 16.2. The van der Waals surface area contributed by atoms with Crippen LogP contribution >= 0.6 is 11.3 Å². The Bertz CT molecular complexity index is 984. The molecule has 0 unspecified atom stereocenters. The number of nitro groups is 1. The molecule has 0 spiro atoms. The minimum atomic E-state index is -0.702. The molecule has 11 heteroatoms. The monoisotopic (exact) mass is 421 g/mol. The molecule has 0 saturated heterocycles. The van der Waals surface area contributed by atoms with E-state index >= 15 is 0 Å². The molecule has 0 bridgehead atoms. The van der Waals surface area contributed by atoms with Crippen LogP contribution in [0, 0.1) is 24.0 Å². The Morgan fingerprint density at radius 1 is 1.14 bits per heavy atom. The van der Waals surface area contributed by atoms with Gasteiger partial charge in [0, 0.05) is 17.8 Å². The average Bonchev–Trinajstić information content (AvgIpc) is 3.01. The summed E-state index contributed by atoms with van der Waals surface area (Å²) >= 11 is 0.898. The first-order chi connectivity index (χ1) is 13.7. The van der Waals surface area contributed by atoms with E-state index in [-0.39, 0.29) is 27.7 Å². The summed E-state index contributed by atoms with van der Waals surface area (Å²) in [5, 5.41) is 16.5. The van der Waals surface area contributed by atoms with Gasteiger partial charge in [0.25, 0.3) is 5.69 Å². The number of esters is 2. The number of benzene rings is 1. The van der Waals surface area contributed by atoms with Gasteiger partial charge in [0.15, 0.2) is 0 Å². The van der Waals surface area contributed by atoms with E-state index in [1.807, 2.05) is 0 Å². The Kier molecular flexibility index (Phi) is 6.89. The summed E-state index contributed by atoms with van der Waals surface area (Å²) in [5.41, 5.74) is 1.45. The van der Waals surface area contributed by atoms with Crippen molar-refractivity contribution in [1.29, 1.82) is 0 Å². The van der Waals surface area contributed by atoms with Crippen molar-refractivity contribution in [1.82, 2.24) is 0 Å². The van der Waals surface area contributed by atoms with E-state index in [1.165, 1.54) is 26.4 Å². The number of methoxy groups -OCH3 is 2. The Morgan fingerprint density at radius 2 is 1.79 bits per heavy atom. The van der Waals surface area contributed by atoms with Crippen molar-refractivity contribution in [2.45, 2.75) is 13.8 Å². The normalized spacial score (nSPS) is 10.2. The maximum Gasteiger partial charge on any atom is 0.348 e. The van der Waals surface area contributed by atoms with E-state index in [9.17, 15) is 24.5 Å². The van der Waals surface area contributed by atoms with Crippen LogP contribution in [0.4, 0.5) is 16.4 Å². The fraction of sp³-hybridized carbons (Fsp3) is 0.278. The van der Waals surface area contributed by atoms with Gasteiger partial charge >= 0.3 is 11.9 Å². The highest BCUT2D eigenvalue weighted by atomic mass is 32.1. The molecule has 2 rings (SSSR count). The molecule has 1 amide bonds. The highest BCUT2D eigenvalue weighted by Crippen LogP contribution is 2.34. The number of hydrogen-bond acceptors (Lipinski definition) is 9. The Balaban J connectivity index is 2.21. The van der Waals surface area contributed by atoms with Gasteiger partial charge in [0.05, 0.1) is 31.3 Å². The molecule has 0 aliphatic heterocycles. The molecule has 0 aliphatic rings. The number of hydrogen-bond donors (Lipinski definition) is 2. The van der Waals surface area contributed by atoms with Crippen molar-refractivity contribution < 1.29 is 28.8 Å². The van der Waals surface area contributed by atoms with Crippen molar-refractivity contribution in [3.8, 4) is 0 Å². The highest BCUT2D eigenvalue weighted by molar-refractivity contribution is 7.18. The first-order valence-corrected chi connectivity index (χ1v) is 9.10. The van der Waals surface area contributed by atoms with Gasteiger partial charge in [0.1, 0.15) is 9.88 Å². The number of nitrogens with zero attached hydrogens (tertiary/aromatic N) is 1. The Morgan fingerprint density at radius 3 is 2.38 bits per heavy atom. The SMILES string of the molecule is COC(=O)c1sc(NC(=O)CNc2cc([N+](=O)[O-])ccc2C)c(C(=O)OC)c1C. The molecule has 1 aromatic carbocycles. The number of carbonyl (C=O) groups is 3. The first-order valence-electron chi connectivity index (χ1n) is 8.28. The number of amides is 1. The summed E-state index contributed by atoms with van der Waals surface area (Å²) in [6.45, 7) is 3.08. The van der Waals surface area contributed by atoms with Gasteiger partial charge in [-0.05, 0) is 25.0 Å². The lowest BCUT2D eigenvalue weighted by Gasteiger charge is -2.10. The van der Waals surface area contributed by atoms with Crippen molar-refractivity contribution >= 4 is 45.6 Å². The second-order valence-corrected chi connectivity index (χ2v) is 6.92. The van der Waals surface area contributed by atoms with Gasteiger partial charge in [-0.1, -0.05) is 6.07 Å². The van der Waals surface area contributed by atoms with Crippen LogP contribution in [0.1, 0.15) is 31.2 Å². The molecule has 1 aromatic heterocycles. The zero-order chi connectivity index (χ0) is 21.7. The molecule has 0 saturated carbocycles. The van der Waals surface area contributed by atoms with Crippen LogP contribution in [0.25, 0.3) is 0 Å². The second-order valence-electron chi connectivity index (χ2n) is 5.90. The topological polar surface area (TPSA) is 137 Å². The fourth-order valence-corrected chi connectivity index (χ4v) is 3.63. The summed E-state index contributed by atoms with van der Waals surface area (Å²) in [5.74, 6) is -1.85. The summed E-state index contributed by atoms with van der Waals surface area (Å²) in [6.07, 6.45) is 0. The van der Waals surface area contributed by atoms with Gasteiger partial charge in [-0.3, -0.25) is 14.9 Å². The van der Waals surface area contributed by atoms with Crippen LogP contribution in [0.15, 0.2) is 18.2 Å². The molecule has 29 heavy (non-hydrogen) atoms. The predicted molar refractivity (Wildman–Crippen MR) is 107 cm³/mol. The third-order valence-electron chi connectivity index (χ3n) is 4.03. The summed E-state index contributed by atoms with van der Waals surface area (Å²) in [4.78, 5) is 46.9. The largest absolute Gasteiger partial charge is 0.465 e. The molecule has 1 heterocycles. The van der Waals surface area contributed by atoms with Crippen LogP contribution < -0.4 is 10.6 Å². The molecular formula is C18H19N3O7S. The highest BCUT2D eigenvalue weighted by Gasteiger charge is 2.26. The van der Waals surface area contributed by atoms with Crippen LogP contribution in [0.5, 0.6) is 0 Å². The van der Waals surface area contributed by atoms with Gasteiger partial charge in [-0.2, -0.15) is 0 Å². The Hall–Kier alpha value is -3.47. The van der Waals surface area contributed by atoms with E-state index in [2.05, 4.69) is 10.6 Å². The zero-order valence-corrected chi connectivity index (χ0v) is 17.0. The van der Waals surface area contributed by atoms with Gasteiger partial charge in [0.2, 0.25) is 5.91 Å². The Labute approximate surface area is 170 Å². The molecule has 0 radical (unpaired) electrons. The van der Waals surface area contributed by atoms with Crippen molar-refractivity contribution in [3.63, 3.8) is 0 Å². The van der Waals surface area contributed by atoms with Crippen LogP contribution in [0.3, 0.4) is 0 Å².